The van der Waals surface area contributed by atoms with Crippen molar-refractivity contribution in [1.29, 1.82) is 0 Å². The number of aliphatic imine (C=N–C) groups is 1. The molecule has 2 unspecified atom stereocenters. The highest BCUT2D eigenvalue weighted by Gasteiger charge is 2.44. The van der Waals surface area contributed by atoms with Gasteiger partial charge < -0.3 is 14.8 Å². The quantitative estimate of drug-likeness (QED) is 0.550. The highest BCUT2D eigenvalue weighted by molar-refractivity contribution is 6.08. The topological polar surface area (TPSA) is 74.8 Å². The number of carboxylic acids is 1. The monoisotopic (exact) mass is 426 g/mol. The van der Waals surface area contributed by atoms with Crippen LogP contribution in [0.2, 0.25) is 0 Å². The van der Waals surface area contributed by atoms with Crippen LogP contribution in [0, 0.1) is 6.92 Å². The Kier molecular flexibility index (Phi) is 3.98. The van der Waals surface area contributed by atoms with Gasteiger partial charge in [-0.25, -0.2) is 4.79 Å². The van der Waals surface area contributed by atoms with Crippen LogP contribution >= 0.6 is 0 Å². The molecule has 0 spiro atoms. The molecule has 5 heteroatoms. The van der Waals surface area contributed by atoms with Crippen LogP contribution in [-0.2, 0) is 11.8 Å². The van der Waals surface area contributed by atoms with Gasteiger partial charge in [0.05, 0.1) is 17.9 Å². The number of carbonyl (C=O) groups is 1. The van der Waals surface area contributed by atoms with Gasteiger partial charge in [-0.3, -0.25) is 4.99 Å². The highest BCUT2D eigenvalue weighted by Crippen LogP contribution is 2.54. The first kappa shape index (κ1) is 19.4. The molecule has 2 heterocycles. The molecule has 3 aliphatic rings. The molecule has 1 aromatic heterocycles. The summed E-state index contributed by atoms with van der Waals surface area (Å²) in [6.07, 6.45) is 5.20. The fourth-order valence-corrected chi connectivity index (χ4v) is 5.96. The van der Waals surface area contributed by atoms with E-state index in [1.54, 1.807) is 12.1 Å². The number of nitrogens with zero attached hydrogens (tertiary/aromatic N) is 1. The maximum atomic E-state index is 11.9. The summed E-state index contributed by atoms with van der Waals surface area (Å²) >= 11 is 0. The van der Waals surface area contributed by atoms with Crippen LogP contribution in [0.1, 0.15) is 82.5 Å². The molecule has 6 rings (SSSR count). The molecular formula is C27H26N2O3. The third-order valence-electron chi connectivity index (χ3n) is 7.48. The van der Waals surface area contributed by atoms with E-state index in [1.165, 1.54) is 23.1 Å². The number of hydrogen-bond donors (Lipinski definition) is 2. The summed E-state index contributed by atoms with van der Waals surface area (Å²) in [6.45, 7) is 6.71. The van der Waals surface area contributed by atoms with Crippen molar-refractivity contribution in [2.75, 3.05) is 0 Å². The van der Waals surface area contributed by atoms with Gasteiger partial charge in [0.2, 0.25) is 0 Å². The van der Waals surface area contributed by atoms with Gasteiger partial charge in [-0.15, -0.1) is 0 Å². The maximum Gasteiger partial charge on any atom is 0.336 e. The Hall–Kier alpha value is -3.34. The van der Waals surface area contributed by atoms with Crippen molar-refractivity contribution in [3.05, 3.63) is 81.6 Å². The fourth-order valence-electron chi connectivity index (χ4n) is 5.96. The van der Waals surface area contributed by atoms with E-state index in [9.17, 15) is 9.90 Å². The van der Waals surface area contributed by atoms with Crippen LogP contribution in [-0.4, -0.2) is 16.9 Å². The zero-order chi connectivity index (χ0) is 22.2. The zero-order valence-electron chi connectivity index (χ0n) is 18.5. The Bertz CT molecular complexity index is 1310. The lowest BCUT2D eigenvalue weighted by Gasteiger charge is -2.37. The summed E-state index contributed by atoms with van der Waals surface area (Å²) < 4.78 is 6.08. The van der Waals surface area contributed by atoms with Crippen molar-refractivity contribution in [2.24, 2.45) is 4.99 Å². The van der Waals surface area contributed by atoms with Crippen molar-refractivity contribution in [3.8, 4) is 11.3 Å². The predicted molar refractivity (Wildman–Crippen MR) is 123 cm³/mol. The smallest absolute Gasteiger partial charge is 0.336 e. The molecule has 0 bridgehead atoms. The van der Waals surface area contributed by atoms with Gasteiger partial charge in [0, 0.05) is 16.7 Å². The van der Waals surface area contributed by atoms with E-state index < -0.39 is 5.97 Å². The Morgan fingerprint density at radius 3 is 2.78 bits per heavy atom. The van der Waals surface area contributed by atoms with E-state index in [0.29, 0.717) is 11.4 Å². The molecule has 162 valence electrons. The average molecular weight is 427 g/mol. The number of furan rings is 1. The van der Waals surface area contributed by atoms with Crippen LogP contribution in [0.25, 0.3) is 11.3 Å². The molecule has 2 atom stereocenters. The maximum absolute atomic E-state index is 11.9. The average Bonchev–Trinajstić information content (AvgIpc) is 3.37. The van der Waals surface area contributed by atoms with E-state index in [-0.39, 0.29) is 23.1 Å². The summed E-state index contributed by atoms with van der Waals surface area (Å²) in [5.74, 6) is 0.616. The number of carboxylic acid groups (broad SMARTS) is 1. The Balaban J connectivity index is 1.60. The van der Waals surface area contributed by atoms with E-state index in [4.69, 9.17) is 9.41 Å². The number of hydrogen-bond acceptors (Lipinski definition) is 4. The second-order valence-electron chi connectivity index (χ2n) is 9.85. The van der Waals surface area contributed by atoms with Gasteiger partial charge in [-0.2, -0.15) is 0 Å². The minimum absolute atomic E-state index is 0.0651. The molecule has 3 aromatic rings. The SMILES string of the molecule is Cc1coc2c1C1NC(c3ccccc3C(=O)O)=NC1c1c-2ccc2c1CCCC2(C)C. The molecule has 5 nitrogen and oxygen atoms in total. The normalized spacial score (nSPS) is 22.2. The van der Waals surface area contributed by atoms with Crippen LogP contribution in [0.4, 0.5) is 0 Å². The number of amidine groups is 1. The molecule has 0 amide bonds. The second-order valence-corrected chi connectivity index (χ2v) is 9.85. The van der Waals surface area contributed by atoms with Gasteiger partial charge in [0.25, 0.3) is 0 Å². The third kappa shape index (κ3) is 2.57. The minimum atomic E-state index is -0.945. The van der Waals surface area contributed by atoms with Crippen molar-refractivity contribution in [3.63, 3.8) is 0 Å². The summed E-state index contributed by atoms with van der Waals surface area (Å²) in [7, 11) is 0. The largest absolute Gasteiger partial charge is 0.478 e. The molecule has 2 aromatic carbocycles. The number of nitrogens with one attached hydrogen (secondary N) is 1. The molecule has 0 radical (unpaired) electrons. The van der Waals surface area contributed by atoms with Crippen LogP contribution < -0.4 is 5.32 Å². The van der Waals surface area contributed by atoms with Crippen molar-refractivity contribution in [1.82, 2.24) is 5.32 Å². The molecule has 32 heavy (non-hydrogen) atoms. The first-order chi connectivity index (χ1) is 15.4. The predicted octanol–water partition coefficient (Wildman–Crippen LogP) is 5.71. The number of benzene rings is 2. The molecule has 2 N–H and O–H groups in total. The van der Waals surface area contributed by atoms with Crippen LogP contribution in [0.15, 0.2) is 52.1 Å². The van der Waals surface area contributed by atoms with Gasteiger partial charge in [0.15, 0.2) is 0 Å². The summed E-state index contributed by atoms with van der Waals surface area (Å²) in [4.78, 5) is 17.0. The number of aryl methyl sites for hydroxylation is 1. The third-order valence-corrected chi connectivity index (χ3v) is 7.48. The van der Waals surface area contributed by atoms with E-state index in [2.05, 4.69) is 38.2 Å². The summed E-state index contributed by atoms with van der Waals surface area (Å²) in [6, 6.07) is 11.4. The lowest BCUT2D eigenvalue weighted by atomic mass is 9.68. The fraction of sp³-hybridized carbons (Fsp3) is 0.333. The number of aromatic carboxylic acids is 1. The molecule has 0 fully saturated rings. The highest BCUT2D eigenvalue weighted by atomic mass is 16.4. The first-order valence-electron chi connectivity index (χ1n) is 11.3. The lowest BCUT2D eigenvalue weighted by Crippen LogP contribution is -2.30. The Labute approximate surface area is 187 Å². The molecule has 1 aliphatic heterocycles. The first-order valence-corrected chi connectivity index (χ1v) is 11.3. The number of rotatable bonds is 2. The standard InChI is InChI=1S/C27H26N2O3/c1-14-13-32-24-18-10-11-19-17(9-6-12-27(19,2)3)21(18)23-22(20(14)24)28-25(29-23)15-7-4-5-8-16(15)26(30)31/h4-5,7-8,10-11,13,22-23H,6,9,12H2,1-3H3,(H,28,29)(H,30,31). The molecule has 0 saturated carbocycles. The van der Waals surface area contributed by atoms with E-state index >= 15 is 0 Å². The van der Waals surface area contributed by atoms with Gasteiger partial charge in [-0.05, 0) is 59.9 Å². The van der Waals surface area contributed by atoms with Gasteiger partial charge in [-0.1, -0.05) is 44.2 Å². The minimum Gasteiger partial charge on any atom is -0.478 e. The Morgan fingerprint density at radius 1 is 1.16 bits per heavy atom. The number of fused-ring (bicyclic) bond motifs is 8. The zero-order valence-corrected chi connectivity index (χ0v) is 18.5. The second kappa shape index (κ2) is 6.58. The van der Waals surface area contributed by atoms with Crippen LogP contribution in [0.5, 0.6) is 0 Å². The molecular weight excluding hydrogens is 400 g/mol. The molecule has 0 saturated heterocycles. The van der Waals surface area contributed by atoms with Gasteiger partial charge in [0.1, 0.15) is 17.6 Å². The molecule has 2 aliphatic carbocycles. The summed E-state index contributed by atoms with van der Waals surface area (Å²) in [5, 5.41) is 13.3. The van der Waals surface area contributed by atoms with E-state index in [0.717, 1.165) is 35.3 Å². The summed E-state index contributed by atoms with van der Waals surface area (Å²) in [5.41, 5.74) is 8.42. The van der Waals surface area contributed by atoms with E-state index in [1.807, 2.05) is 18.4 Å². The van der Waals surface area contributed by atoms with Crippen molar-refractivity contribution >= 4 is 11.8 Å². The van der Waals surface area contributed by atoms with Crippen LogP contribution in [0.3, 0.4) is 0 Å². The van der Waals surface area contributed by atoms with Gasteiger partial charge >= 0.3 is 5.97 Å². The van der Waals surface area contributed by atoms with Crippen molar-refractivity contribution < 1.29 is 14.3 Å². The van der Waals surface area contributed by atoms with Crippen molar-refractivity contribution in [2.45, 2.75) is 57.5 Å². The Morgan fingerprint density at radius 2 is 1.97 bits per heavy atom. The lowest BCUT2D eigenvalue weighted by molar-refractivity contribution is 0.0696.